The van der Waals surface area contributed by atoms with Crippen LogP contribution in [0.4, 0.5) is 0 Å². The second-order valence-corrected chi connectivity index (χ2v) is 4.78. The van der Waals surface area contributed by atoms with Crippen molar-refractivity contribution in [1.82, 2.24) is 10.2 Å². The van der Waals surface area contributed by atoms with Crippen LogP contribution < -0.4 is 5.32 Å². The molecule has 1 heterocycles. The summed E-state index contributed by atoms with van der Waals surface area (Å²) in [4.78, 5) is 36.3. The largest absolute Gasteiger partial charge is 0.465 e. The Morgan fingerprint density at radius 2 is 2.05 bits per heavy atom. The Morgan fingerprint density at radius 1 is 1.33 bits per heavy atom. The highest BCUT2D eigenvalue weighted by molar-refractivity contribution is 9.10. The van der Waals surface area contributed by atoms with Crippen molar-refractivity contribution in [3.05, 3.63) is 22.6 Å². The van der Waals surface area contributed by atoms with Gasteiger partial charge in [0.2, 0.25) is 5.91 Å². The Balaban J connectivity index is 2.47. The molecular formula is C13H17BrN2O5. The lowest BCUT2D eigenvalue weighted by Crippen LogP contribution is -2.42. The number of ether oxygens (including phenoxy) is 1. The third kappa shape index (κ3) is 5.58. The Kier molecular flexibility index (Phi) is 6.93. The second kappa shape index (κ2) is 8.46. The number of carbonyl (C=O) groups is 3. The topological polar surface area (TPSA) is 88.9 Å². The Hall–Kier alpha value is -1.83. The molecule has 0 aromatic carbocycles. The molecule has 1 aromatic heterocycles. The van der Waals surface area contributed by atoms with Gasteiger partial charge >= 0.3 is 5.97 Å². The number of likely N-dealkylation sites (N-methyl/N-ethyl adjacent to an activating group) is 1. The molecular weight excluding hydrogens is 344 g/mol. The highest BCUT2D eigenvalue weighted by Gasteiger charge is 2.18. The number of furan rings is 1. The van der Waals surface area contributed by atoms with Gasteiger partial charge in [0.1, 0.15) is 6.54 Å². The molecule has 0 unspecified atom stereocenters. The number of amides is 2. The molecule has 21 heavy (non-hydrogen) atoms. The van der Waals surface area contributed by atoms with Gasteiger partial charge in [0, 0.05) is 6.54 Å². The smallest absolute Gasteiger partial charge is 0.325 e. The Morgan fingerprint density at radius 3 is 2.57 bits per heavy atom. The van der Waals surface area contributed by atoms with Crippen molar-refractivity contribution in [1.29, 1.82) is 0 Å². The predicted molar refractivity (Wildman–Crippen MR) is 77.6 cm³/mol. The minimum Gasteiger partial charge on any atom is -0.465 e. The average molecular weight is 361 g/mol. The summed E-state index contributed by atoms with van der Waals surface area (Å²) in [6.45, 7) is 3.69. The van der Waals surface area contributed by atoms with Crippen molar-refractivity contribution < 1.29 is 23.5 Å². The van der Waals surface area contributed by atoms with Crippen LogP contribution in [0.15, 0.2) is 21.2 Å². The third-order valence-electron chi connectivity index (χ3n) is 2.56. The molecule has 1 rings (SSSR count). The molecule has 1 N–H and O–H groups in total. The lowest BCUT2D eigenvalue weighted by atomic mass is 10.4. The van der Waals surface area contributed by atoms with Crippen molar-refractivity contribution in [2.75, 3.05) is 26.2 Å². The zero-order chi connectivity index (χ0) is 15.8. The number of rotatable bonds is 7. The van der Waals surface area contributed by atoms with Crippen LogP contribution in [0, 0.1) is 0 Å². The van der Waals surface area contributed by atoms with Crippen molar-refractivity contribution in [3.63, 3.8) is 0 Å². The Bertz CT molecular complexity index is 514. The molecule has 0 saturated carbocycles. The zero-order valence-corrected chi connectivity index (χ0v) is 13.4. The van der Waals surface area contributed by atoms with Gasteiger partial charge in [-0.1, -0.05) is 0 Å². The van der Waals surface area contributed by atoms with Crippen molar-refractivity contribution in [2.45, 2.75) is 13.8 Å². The number of halogens is 1. The van der Waals surface area contributed by atoms with E-state index in [1.54, 1.807) is 19.9 Å². The van der Waals surface area contributed by atoms with E-state index in [9.17, 15) is 14.4 Å². The monoisotopic (exact) mass is 360 g/mol. The van der Waals surface area contributed by atoms with E-state index < -0.39 is 11.9 Å². The van der Waals surface area contributed by atoms with Crippen LogP contribution >= 0.6 is 15.9 Å². The summed E-state index contributed by atoms with van der Waals surface area (Å²) >= 11 is 3.08. The van der Waals surface area contributed by atoms with Crippen LogP contribution in [0.3, 0.4) is 0 Å². The first-order valence-corrected chi connectivity index (χ1v) is 7.24. The van der Waals surface area contributed by atoms with Gasteiger partial charge in [-0.25, -0.2) is 0 Å². The van der Waals surface area contributed by atoms with Crippen LogP contribution in [0.5, 0.6) is 0 Å². The SMILES string of the molecule is CCOC(=O)CN(CC)C(=O)CNC(=O)c1ccc(Br)o1. The summed E-state index contributed by atoms with van der Waals surface area (Å²) in [7, 11) is 0. The number of carbonyl (C=O) groups excluding carboxylic acids is 3. The van der Waals surface area contributed by atoms with E-state index in [1.807, 2.05) is 0 Å². The van der Waals surface area contributed by atoms with Gasteiger partial charge in [-0.15, -0.1) is 0 Å². The molecule has 8 heteroatoms. The number of nitrogens with zero attached hydrogens (tertiary/aromatic N) is 1. The first kappa shape index (κ1) is 17.2. The van der Waals surface area contributed by atoms with Gasteiger partial charge in [-0.05, 0) is 41.9 Å². The van der Waals surface area contributed by atoms with E-state index in [-0.39, 0.29) is 31.4 Å². The fourth-order valence-electron chi connectivity index (χ4n) is 1.53. The van der Waals surface area contributed by atoms with E-state index in [0.717, 1.165) is 0 Å². The van der Waals surface area contributed by atoms with Gasteiger partial charge in [0.15, 0.2) is 10.4 Å². The summed E-state index contributed by atoms with van der Waals surface area (Å²) in [6.07, 6.45) is 0. The minimum atomic E-state index is -0.499. The summed E-state index contributed by atoms with van der Waals surface area (Å²) < 4.78 is 10.3. The van der Waals surface area contributed by atoms with Gasteiger partial charge in [-0.3, -0.25) is 14.4 Å². The minimum absolute atomic E-state index is 0.100. The van der Waals surface area contributed by atoms with Crippen molar-refractivity contribution in [2.24, 2.45) is 0 Å². The van der Waals surface area contributed by atoms with Crippen LogP contribution in [-0.2, 0) is 14.3 Å². The van der Waals surface area contributed by atoms with Gasteiger partial charge in [0.05, 0.1) is 13.2 Å². The Labute approximate surface area is 130 Å². The fraction of sp³-hybridized carbons (Fsp3) is 0.462. The molecule has 0 aliphatic heterocycles. The average Bonchev–Trinajstić information content (AvgIpc) is 2.88. The lowest BCUT2D eigenvalue weighted by molar-refractivity contribution is -0.148. The highest BCUT2D eigenvalue weighted by Crippen LogP contribution is 2.13. The number of esters is 1. The lowest BCUT2D eigenvalue weighted by Gasteiger charge is -2.19. The van der Waals surface area contributed by atoms with Crippen LogP contribution in [0.2, 0.25) is 0 Å². The summed E-state index contributed by atoms with van der Waals surface area (Å²) in [5.41, 5.74) is 0. The highest BCUT2D eigenvalue weighted by atomic mass is 79.9. The maximum atomic E-state index is 11.9. The number of hydrogen-bond acceptors (Lipinski definition) is 5. The van der Waals surface area contributed by atoms with Crippen LogP contribution in [0.1, 0.15) is 24.4 Å². The predicted octanol–water partition coefficient (Wildman–Crippen LogP) is 1.18. The van der Waals surface area contributed by atoms with E-state index >= 15 is 0 Å². The van der Waals surface area contributed by atoms with Gasteiger partial charge in [-0.2, -0.15) is 0 Å². The molecule has 0 spiro atoms. The molecule has 0 aliphatic rings. The number of nitrogens with one attached hydrogen (secondary N) is 1. The van der Waals surface area contributed by atoms with Gasteiger partial charge < -0.3 is 19.4 Å². The molecule has 2 amide bonds. The third-order valence-corrected chi connectivity index (χ3v) is 2.98. The van der Waals surface area contributed by atoms with E-state index in [2.05, 4.69) is 21.2 Å². The van der Waals surface area contributed by atoms with Gasteiger partial charge in [0.25, 0.3) is 5.91 Å². The molecule has 0 fully saturated rings. The first-order valence-electron chi connectivity index (χ1n) is 6.44. The molecule has 0 atom stereocenters. The standard InChI is InChI=1S/C13H17BrN2O5/c1-3-16(8-12(18)20-4-2)11(17)7-15-13(19)9-5-6-10(14)21-9/h5-6H,3-4,7-8H2,1-2H3,(H,15,19). The van der Waals surface area contributed by atoms with Crippen molar-refractivity contribution >= 4 is 33.7 Å². The summed E-state index contributed by atoms with van der Waals surface area (Å²) in [6, 6.07) is 3.07. The molecule has 0 radical (unpaired) electrons. The molecule has 116 valence electrons. The van der Waals surface area contributed by atoms with E-state index in [4.69, 9.17) is 9.15 Å². The van der Waals surface area contributed by atoms with E-state index in [1.165, 1.54) is 11.0 Å². The van der Waals surface area contributed by atoms with Crippen LogP contribution in [-0.4, -0.2) is 48.9 Å². The maximum absolute atomic E-state index is 11.9. The number of hydrogen-bond donors (Lipinski definition) is 1. The molecule has 7 nitrogen and oxygen atoms in total. The second-order valence-electron chi connectivity index (χ2n) is 4.00. The quantitative estimate of drug-likeness (QED) is 0.737. The molecule has 1 aromatic rings. The molecule has 0 bridgehead atoms. The fourth-order valence-corrected chi connectivity index (χ4v) is 1.84. The normalized spacial score (nSPS) is 10.0. The molecule has 0 saturated heterocycles. The van der Waals surface area contributed by atoms with E-state index in [0.29, 0.717) is 11.2 Å². The van der Waals surface area contributed by atoms with Crippen LogP contribution in [0.25, 0.3) is 0 Å². The van der Waals surface area contributed by atoms with Crippen molar-refractivity contribution in [3.8, 4) is 0 Å². The zero-order valence-electron chi connectivity index (χ0n) is 11.8. The summed E-state index contributed by atoms with van der Waals surface area (Å²) in [5.74, 6) is -1.25. The molecule has 0 aliphatic carbocycles. The first-order chi connectivity index (χ1) is 9.97. The summed E-state index contributed by atoms with van der Waals surface area (Å²) in [5, 5.41) is 2.44. The maximum Gasteiger partial charge on any atom is 0.325 e.